The Labute approximate surface area is 168 Å². The molecule has 0 nitrogen and oxygen atoms in total. The van der Waals surface area contributed by atoms with Crippen molar-refractivity contribution in [2.45, 2.75) is 13.3 Å². The van der Waals surface area contributed by atoms with E-state index in [1.54, 1.807) is 0 Å². The van der Waals surface area contributed by atoms with Crippen LogP contribution in [0.15, 0.2) is 121 Å². The molecule has 0 fully saturated rings. The number of hydrogen-bond acceptors (Lipinski definition) is 0. The van der Waals surface area contributed by atoms with Gasteiger partial charge in [-0.1, -0.05) is 0 Å². The summed E-state index contributed by atoms with van der Waals surface area (Å²) in [6.45, 7) is -0.552. The van der Waals surface area contributed by atoms with Gasteiger partial charge in [-0.2, -0.15) is 0 Å². The molecule has 0 atom stereocenters. The van der Waals surface area contributed by atoms with Gasteiger partial charge in [-0.3, -0.25) is 0 Å². The van der Waals surface area contributed by atoms with Crippen LogP contribution in [0.1, 0.15) is 13.3 Å². The molecule has 4 rings (SSSR count). The third kappa shape index (κ3) is 2.64. The molecule has 140 valence electrons. The summed E-state index contributed by atoms with van der Waals surface area (Å²) < 4.78 is 0. The van der Waals surface area contributed by atoms with E-state index in [9.17, 15) is 0 Å². The molecule has 0 heterocycles. The summed E-state index contributed by atoms with van der Waals surface area (Å²) in [6.07, 6.45) is 2.24. The van der Waals surface area contributed by atoms with Gasteiger partial charge in [-0.05, 0) is 0 Å². The zero-order valence-electron chi connectivity index (χ0n) is 16.4. The van der Waals surface area contributed by atoms with Crippen molar-refractivity contribution in [3.8, 4) is 0 Å². The quantitative estimate of drug-likeness (QED) is 0.400. The van der Waals surface area contributed by atoms with Crippen molar-refractivity contribution in [2.24, 2.45) is 0 Å². The molecule has 0 spiro atoms. The van der Waals surface area contributed by atoms with Crippen molar-refractivity contribution < 1.29 is 0 Å². The van der Waals surface area contributed by atoms with Gasteiger partial charge in [0.1, 0.15) is 0 Å². The molecule has 0 N–H and O–H groups in total. The Morgan fingerprint density at radius 2 is 0.679 bits per heavy atom. The van der Waals surface area contributed by atoms with E-state index in [1.807, 2.05) is 0 Å². The van der Waals surface area contributed by atoms with E-state index in [0.29, 0.717) is 0 Å². The van der Waals surface area contributed by atoms with Crippen molar-refractivity contribution in [1.29, 1.82) is 0 Å². The second kappa shape index (κ2) is 7.74. The van der Waals surface area contributed by atoms with Gasteiger partial charge in [0.05, 0.1) is 0 Å². The Morgan fingerprint density at radius 1 is 0.429 bits per heavy atom. The van der Waals surface area contributed by atoms with Gasteiger partial charge in [-0.25, -0.2) is 0 Å². The summed E-state index contributed by atoms with van der Waals surface area (Å²) in [4.78, 5) is 0. The Kier molecular flexibility index (Phi) is 5.16. The van der Waals surface area contributed by atoms with Crippen molar-refractivity contribution in [2.75, 3.05) is 6.16 Å². The minimum absolute atomic E-state index is 1.12. The molecule has 4 aromatic rings. The molecule has 4 aromatic carbocycles. The Balaban J connectivity index is 2.28. The van der Waals surface area contributed by atoms with E-state index in [1.165, 1.54) is 21.2 Å². The number of rotatable bonds is 6. The average Bonchev–Trinajstić information content (AvgIpc) is 2.80. The molecule has 0 aliphatic carbocycles. The first kappa shape index (κ1) is 18.7. The molecule has 0 amide bonds. The zero-order valence-corrected chi connectivity index (χ0v) is 17.3. The molecular formula is C27H27P. The van der Waals surface area contributed by atoms with E-state index in [0.717, 1.165) is 12.6 Å². The molecule has 0 aromatic heterocycles. The van der Waals surface area contributed by atoms with Crippen molar-refractivity contribution in [1.82, 2.24) is 0 Å². The SMILES string of the molecule is CCCP(c1ccccc1)(c1ccccc1)(c1ccccc1)c1ccccc1. The number of benzene rings is 4. The van der Waals surface area contributed by atoms with Crippen LogP contribution < -0.4 is 21.2 Å². The van der Waals surface area contributed by atoms with Crippen LogP contribution in [0.4, 0.5) is 0 Å². The van der Waals surface area contributed by atoms with E-state index < -0.39 is 6.60 Å². The van der Waals surface area contributed by atoms with Crippen LogP contribution in [0.2, 0.25) is 0 Å². The minimum atomic E-state index is -2.87. The molecule has 0 bridgehead atoms. The maximum absolute atomic E-state index is 2.87. The molecule has 0 unspecified atom stereocenters. The topological polar surface area (TPSA) is 0 Å². The first-order valence-electron chi connectivity index (χ1n) is 10.1. The standard InChI is InChI=1S/C27H27P/c1-2-23-28(24-15-7-3-8-16-24,25-17-9-4-10-18-25,26-19-11-5-12-20-26)27-21-13-6-14-22-27/h3-22H,2,23H2,1H3. The molecular weight excluding hydrogens is 355 g/mol. The molecule has 0 saturated carbocycles. The van der Waals surface area contributed by atoms with Crippen molar-refractivity contribution in [3.05, 3.63) is 121 Å². The zero-order chi connectivity index (χ0) is 19.3. The van der Waals surface area contributed by atoms with Crippen LogP contribution in [0, 0.1) is 0 Å². The van der Waals surface area contributed by atoms with Crippen LogP contribution in [0.5, 0.6) is 0 Å². The van der Waals surface area contributed by atoms with Crippen LogP contribution in [0.25, 0.3) is 0 Å². The Bertz CT molecular complexity index is 839. The van der Waals surface area contributed by atoms with Gasteiger partial charge >= 0.3 is 169 Å². The fraction of sp³-hybridized carbons (Fsp3) is 0.111. The van der Waals surface area contributed by atoms with Crippen LogP contribution in [-0.2, 0) is 0 Å². The molecule has 28 heavy (non-hydrogen) atoms. The van der Waals surface area contributed by atoms with Crippen molar-refractivity contribution >= 4 is 27.8 Å². The van der Waals surface area contributed by atoms with E-state index in [2.05, 4.69) is 128 Å². The van der Waals surface area contributed by atoms with E-state index in [-0.39, 0.29) is 0 Å². The molecule has 0 saturated heterocycles. The van der Waals surface area contributed by atoms with Crippen molar-refractivity contribution in [3.63, 3.8) is 0 Å². The molecule has 0 radical (unpaired) electrons. The third-order valence-corrected chi connectivity index (χ3v) is 13.1. The second-order valence-electron chi connectivity index (χ2n) is 7.37. The number of hydrogen-bond donors (Lipinski definition) is 0. The van der Waals surface area contributed by atoms with E-state index >= 15 is 0 Å². The first-order chi connectivity index (χ1) is 13.8. The van der Waals surface area contributed by atoms with Gasteiger partial charge in [0, 0.05) is 0 Å². The third-order valence-electron chi connectivity index (χ3n) is 5.98. The monoisotopic (exact) mass is 382 g/mol. The summed E-state index contributed by atoms with van der Waals surface area (Å²) in [6, 6.07) is 44.9. The summed E-state index contributed by atoms with van der Waals surface area (Å²) >= 11 is 0. The van der Waals surface area contributed by atoms with Gasteiger partial charge < -0.3 is 0 Å². The van der Waals surface area contributed by atoms with E-state index in [4.69, 9.17) is 0 Å². The fourth-order valence-corrected chi connectivity index (χ4v) is 11.9. The Morgan fingerprint density at radius 3 is 0.893 bits per heavy atom. The summed E-state index contributed by atoms with van der Waals surface area (Å²) in [5.74, 6) is 0. The maximum atomic E-state index is 2.35. The Hall–Kier alpha value is -2.69. The summed E-state index contributed by atoms with van der Waals surface area (Å²) in [7, 11) is 0. The normalized spacial score (nSPS) is 12.8. The second-order valence-corrected chi connectivity index (χ2v) is 12.5. The van der Waals surface area contributed by atoms with Crippen LogP contribution >= 0.6 is 6.60 Å². The van der Waals surface area contributed by atoms with Gasteiger partial charge in [0.15, 0.2) is 0 Å². The molecule has 0 aliphatic rings. The van der Waals surface area contributed by atoms with Crippen LogP contribution in [0.3, 0.4) is 0 Å². The fourth-order valence-electron chi connectivity index (χ4n) is 4.89. The van der Waals surface area contributed by atoms with Gasteiger partial charge in [-0.15, -0.1) is 0 Å². The summed E-state index contributed by atoms with van der Waals surface area (Å²) in [5, 5.41) is 5.77. The molecule has 0 aliphatic heterocycles. The van der Waals surface area contributed by atoms with Gasteiger partial charge in [0.2, 0.25) is 0 Å². The predicted molar refractivity (Wildman–Crippen MR) is 126 cm³/mol. The molecule has 1 heteroatoms. The predicted octanol–water partition coefficient (Wildman–Crippen LogP) is 5.25. The van der Waals surface area contributed by atoms with Crippen LogP contribution in [-0.4, -0.2) is 6.16 Å². The van der Waals surface area contributed by atoms with Gasteiger partial charge in [0.25, 0.3) is 0 Å². The average molecular weight is 382 g/mol. The summed E-state index contributed by atoms with van der Waals surface area (Å²) in [5.41, 5.74) is 0. The first-order valence-corrected chi connectivity index (χ1v) is 12.5.